The Hall–Kier alpha value is -0.210. The molecule has 0 bridgehead atoms. The van der Waals surface area contributed by atoms with Crippen molar-refractivity contribution in [3.63, 3.8) is 0 Å². The van der Waals surface area contributed by atoms with Crippen molar-refractivity contribution in [3.05, 3.63) is 0 Å². The number of piperidine rings is 1. The number of nitrogens with zero attached hydrogens (tertiary/aromatic N) is 1. The van der Waals surface area contributed by atoms with Gasteiger partial charge in [0.2, 0.25) is 0 Å². The van der Waals surface area contributed by atoms with Crippen LogP contribution < -0.4 is 10.0 Å². The molecule has 2 N–H and O–H groups in total. The maximum atomic E-state index is 12.7. The Morgan fingerprint density at radius 1 is 1.00 bits per heavy atom. The fourth-order valence-electron chi connectivity index (χ4n) is 3.18. The summed E-state index contributed by atoms with van der Waals surface area (Å²) < 4.78 is 35.2. The zero-order valence-electron chi connectivity index (χ0n) is 12.6. The number of rotatable bonds is 6. The van der Waals surface area contributed by atoms with Gasteiger partial charge in [-0.1, -0.05) is 6.42 Å². The Kier molecular flexibility index (Phi) is 5.16. The van der Waals surface area contributed by atoms with Crippen LogP contribution in [0.3, 0.4) is 0 Å². The van der Waals surface area contributed by atoms with Crippen LogP contribution in [0.25, 0.3) is 0 Å². The van der Waals surface area contributed by atoms with Crippen LogP contribution in [0.2, 0.25) is 0 Å². The molecule has 2 aliphatic heterocycles. The largest absolute Gasteiger partial charge is 0.381 e. The van der Waals surface area contributed by atoms with E-state index in [4.69, 9.17) is 4.74 Å². The van der Waals surface area contributed by atoms with Crippen LogP contribution in [0.15, 0.2) is 0 Å². The van der Waals surface area contributed by atoms with Gasteiger partial charge in [0.05, 0.1) is 0 Å². The third-order valence-electron chi connectivity index (χ3n) is 4.64. The normalized spacial score (nSPS) is 29.6. The first kappa shape index (κ1) is 15.7. The van der Waals surface area contributed by atoms with Gasteiger partial charge in [-0.3, -0.25) is 0 Å². The minimum atomic E-state index is -3.37. The molecule has 0 aromatic rings. The van der Waals surface area contributed by atoms with E-state index in [0.717, 1.165) is 38.6 Å². The molecule has 3 aliphatic rings. The minimum Gasteiger partial charge on any atom is -0.381 e. The molecule has 7 heteroatoms. The summed E-state index contributed by atoms with van der Waals surface area (Å²) in [4.78, 5) is 0. The molecular weight excluding hydrogens is 290 g/mol. The molecule has 2 heterocycles. The van der Waals surface area contributed by atoms with E-state index in [1.54, 1.807) is 4.31 Å². The zero-order valence-corrected chi connectivity index (χ0v) is 13.4. The number of ether oxygens (including phenoxy) is 1. The third kappa shape index (κ3) is 4.39. The van der Waals surface area contributed by atoms with Gasteiger partial charge in [0.1, 0.15) is 0 Å². The van der Waals surface area contributed by atoms with Crippen molar-refractivity contribution >= 4 is 10.2 Å². The molecule has 122 valence electrons. The van der Waals surface area contributed by atoms with Gasteiger partial charge in [-0.25, -0.2) is 0 Å². The number of hydrogen-bond donors (Lipinski definition) is 2. The Morgan fingerprint density at radius 2 is 1.76 bits per heavy atom. The summed E-state index contributed by atoms with van der Waals surface area (Å²) in [5.74, 6) is 0. The lowest BCUT2D eigenvalue weighted by atomic mass is 10.1. The molecule has 3 rings (SSSR count). The molecule has 0 spiro atoms. The number of hydrogen-bond acceptors (Lipinski definition) is 4. The predicted molar refractivity (Wildman–Crippen MR) is 81.3 cm³/mol. The van der Waals surface area contributed by atoms with Gasteiger partial charge >= 0.3 is 0 Å². The van der Waals surface area contributed by atoms with Crippen molar-refractivity contribution in [1.29, 1.82) is 0 Å². The van der Waals surface area contributed by atoms with Crippen molar-refractivity contribution in [2.45, 2.75) is 63.1 Å². The topological polar surface area (TPSA) is 70.7 Å². The highest BCUT2D eigenvalue weighted by Crippen LogP contribution is 2.23. The van der Waals surface area contributed by atoms with Crippen molar-refractivity contribution in [3.8, 4) is 0 Å². The van der Waals surface area contributed by atoms with Gasteiger partial charge in [0.15, 0.2) is 0 Å². The van der Waals surface area contributed by atoms with Gasteiger partial charge < -0.3 is 10.1 Å². The van der Waals surface area contributed by atoms with Gasteiger partial charge in [-0.15, -0.1) is 0 Å². The molecule has 21 heavy (non-hydrogen) atoms. The summed E-state index contributed by atoms with van der Waals surface area (Å²) in [7, 11) is -3.37. The van der Waals surface area contributed by atoms with Gasteiger partial charge in [0.25, 0.3) is 10.2 Å². The summed E-state index contributed by atoms with van der Waals surface area (Å²) >= 11 is 0. The lowest BCUT2D eigenvalue weighted by Crippen LogP contribution is -2.54. The molecule has 1 saturated carbocycles. The van der Waals surface area contributed by atoms with Crippen molar-refractivity contribution in [2.75, 3.05) is 26.3 Å². The van der Waals surface area contributed by atoms with Gasteiger partial charge in [-0.05, 0) is 38.5 Å². The van der Waals surface area contributed by atoms with E-state index in [1.165, 1.54) is 12.8 Å². The Bertz CT molecular complexity index is 433. The summed E-state index contributed by atoms with van der Waals surface area (Å²) in [6.45, 7) is 2.74. The second-order valence-electron chi connectivity index (χ2n) is 6.45. The molecule has 1 aliphatic carbocycles. The average molecular weight is 317 g/mol. The fourth-order valence-corrected chi connectivity index (χ4v) is 4.91. The maximum Gasteiger partial charge on any atom is 0.279 e. The van der Waals surface area contributed by atoms with Crippen LogP contribution in [-0.2, 0) is 14.9 Å². The third-order valence-corrected chi connectivity index (χ3v) is 6.37. The van der Waals surface area contributed by atoms with E-state index in [-0.39, 0.29) is 12.1 Å². The zero-order chi connectivity index (χ0) is 14.7. The Morgan fingerprint density at radius 3 is 2.48 bits per heavy atom. The maximum absolute atomic E-state index is 12.7. The minimum absolute atomic E-state index is 0.0303. The van der Waals surface area contributed by atoms with Crippen molar-refractivity contribution in [2.24, 2.45) is 0 Å². The monoisotopic (exact) mass is 317 g/mol. The van der Waals surface area contributed by atoms with Crippen LogP contribution in [0, 0.1) is 0 Å². The second kappa shape index (κ2) is 6.91. The van der Waals surface area contributed by atoms with Crippen molar-refractivity contribution in [1.82, 2.24) is 14.3 Å². The predicted octanol–water partition coefficient (Wildman–Crippen LogP) is 0.606. The summed E-state index contributed by atoms with van der Waals surface area (Å²) in [6.07, 6.45) is 7.08. The van der Waals surface area contributed by atoms with Crippen LogP contribution in [-0.4, -0.2) is 57.2 Å². The lowest BCUT2D eigenvalue weighted by molar-refractivity contribution is 0.0824. The van der Waals surface area contributed by atoms with E-state index in [2.05, 4.69) is 10.0 Å². The molecular formula is C14H27N3O3S. The Labute approximate surface area is 127 Å². The molecule has 0 aromatic carbocycles. The van der Waals surface area contributed by atoms with Gasteiger partial charge in [-0.2, -0.15) is 17.4 Å². The molecule has 1 atom stereocenters. The summed E-state index contributed by atoms with van der Waals surface area (Å²) in [6, 6.07) is 0.763. The highest BCUT2D eigenvalue weighted by atomic mass is 32.2. The number of nitrogens with one attached hydrogen (secondary N) is 2. The van der Waals surface area contributed by atoms with E-state index in [9.17, 15) is 8.42 Å². The first-order valence-electron chi connectivity index (χ1n) is 8.25. The first-order chi connectivity index (χ1) is 10.1. The second-order valence-corrected chi connectivity index (χ2v) is 8.11. The standard InChI is InChI=1S/C14H27N3O3S/c18-21(19,16-13-6-9-20-10-7-13)17-8-2-1-3-14(17)11-15-12-4-5-12/h12-16H,1-11H2. The average Bonchev–Trinajstić information content (AvgIpc) is 3.30. The summed E-state index contributed by atoms with van der Waals surface area (Å²) in [5, 5.41) is 3.48. The molecule has 1 unspecified atom stereocenters. The molecule has 2 saturated heterocycles. The van der Waals surface area contributed by atoms with Crippen LogP contribution >= 0.6 is 0 Å². The van der Waals surface area contributed by atoms with E-state index in [0.29, 0.717) is 25.8 Å². The SMILES string of the molecule is O=S(=O)(NC1CCOCC1)N1CCCCC1CNC1CC1. The van der Waals surface area contributed by atoms with E-state index < -0.39 is 10.2 Å². The van der Waals surface area contributed by atoms with Crippen LogP contribution in [0.5, 0.6) is 0 Å². The lowest BCUT2D eigenvalue weighted by Gasteiger charge is -2.36. The molecule has 3 fully saturated rings. The molecule has 0 aromatic heterocycles. The quantitative estimate of drug-likeness (QED) is 0.753. The summed E-state index contributed by atoms with van der Waals surface area (Å²) in [5.41, 5.74) is 0. The fraction of sp³-hybridized carbons (Fsp3) is 1.00. The Balaban J connectivity index is 1.59. The van der Waals surface area contributed by atoms with Crippen LogP contribution in [0.1, 0.15) is 44.9 Å². The van der Waals surface area contributed by atoms with Crippen molar-refractivity contribution < 1.29 is 13.2 Å². The van der Waals surface area contributed by atoms with E-state index in [1.807, 2.05) is 0 Å². The highest BCUT2D eigenvalue weighted by Gasteiger charge is 2.34. The highest BCUT2D eigenvalue weighted by molar-refractivity contribution is 7.87. The first-order valence-corrected chi connectivity index (χ1v) is 9.69. The van der Waals surface area contributed by atoms with Crippen LogP contribution in [0.4, 0.5) is 0 Å². The molecule has 6 nitrogen and oxygen atoms in total. The molecule has 0 amide bonds. The van der Waals surface area contributed by atoms with Gasteiger partial charge in [0, 0.05) is 44.4 Å². The smallest absolute Gasteiger partial charge is 0.279 e. The molecule has 0 radical (unpaired) electrons. The van der Waals surface area contributed by atoms with E-state index >= 15 is 0 Å².